The molecule has 0 saturated carbocycles. The Balaban J connectivity index is 2.88. The van der Waals surface area contributed by atoms with E-state index in [1.54, 1.807) is 6.07 Å². The molecule has 9 heteroatoms. The van der Waals surface area contributed by atoms with Gasteiger partial charge in [-0.15, -0.1) is 0 Å². The van der Waals surface area contributed by atoms with E-state index < -0.39 is 21.7 Å². The van der Waals surface area contributed by atoms with Crippen LogP contribution in [0.1, 0.15) is 0 Å². The van der Waals surface area contributed by atoms with Gasteiger partial charge >= 0.3 is 5.97 Å². The number of ether oxygens (including phenoxy) is 1. The third-order valence-corrected chi connectivity index (χ3v) is 2.89. The van der Waals surface area contributed by atoms with E-state index in [0.717, 1.165) is 7.11 Å². The number of benzene rings is 1. The lowest BCUT2D eigenvalue weighted by Crippen LogP contribution is -2.15. The van der Waals surface area contributed by atoms with Crippen LogP contribution < -0.4 is 10.6 Å². The number of nitriles is 1. The second kappa shape index (κ2) is 5.94. The summed E-state index contributed by atoms with van der Waals surface area (Å²) < 4.78 is 26.3. The predicted octanol–water partition coefficient (Wildman–Crippen LogP) is -0.202. The van der Waals surface area contributed by atoms with Crippen LogP contribution in [0.2, 0.25) is 0 Å². The van der Waals surface area contributed by atoms with Crippen molar-refractivity contribution in [3.63, 3.8) is 0 Å². The van der Waals surface area contributed by atoms with Gasteiger partial charge in [0.05, 0.1) is 17.7 Å². The van der Waals surface area contributed by atoms with E-state index in [-0.39, 0.29) is 4.90 Å². The van der Waals surface area contributed by atoms with E-state index in [9.17, 15) is 13.2 Å². The third kappa shape index (κ3) is 4.06. The minimum Gasteiger partial charge on any atom is -0.464 e. The van der Waals surface area contributed by atoms with Crippen molar-refractivity contribution >= 4 is 27.4 Å². The molecule has 0 aromatic heterocycles. The Bertz CT molecular complexity index is 643. The standard InChI is InChI=1S/C10H10N4O4S/c1-18-10(15)9(6-11)14-13-7-2-4-8(5-3-7)19(12,16)17/h2-5,13H,1H3,(H2,12,16,17)/b14-9+. The smallest absolute Gasteiger partial charge is 0.369 e. The van der Waals surface area contributed by atoms with Gasteiger partial charge in [0.25, 0.3) is 0 Å². The Morgan fingerprint density at radius 3 is 2.42 bits per heavy atom. The number of nitrogens with two attached hydrogens (primary N) is 1. The maximum absolute atomic E-state index is 11.0. The first-order valence-electron chi connectivity index (χ1n) is 4.83. The molecule has 19 heavy (non-hydrogen) atoms. The number of primary sulfonamides is 1. The first kappa shape index (κ1) is 14.6. The molecule has 100 valence electrons. The number of rotatable bonds is 4. The lowest BCUT2D eigenvalue weighted by molar-refractivity contribution is -0.132. The highest BCUT2D eigenvalue weighted by Crippen LogP contribution is 2.12. The average Bonchev–Trinajstić information content (AvgIpc) is 2.38. The summed E-state index contributed by atoms with van der Waals surface area (Å²) in [6, 6.07) is 6.85. The van der Waals surface area contributed by atoms with Gasteiger partial charge in [0.2, 0.25) is 15.7 Å². The Labute approximate surface area is 109 Å². The fraction of sp³-hybridized carbons (Fsp3) is 0.100. The molecule has 8 nitrogen and oxygen atoms in total. The first-order chi connectivity index (χ1) is 8.88. The zero-order chi connectivity index (χ0) is 14.5. The van der Waals surface area contributed by atoms with Gasteiger partial charge in [-0.2, -0.15) is 10.4 Å². The Morgan fingerprint density at radius 1 is 1.42 bits per heavy atom. The van der Waals surface area contributed by atoms with Gasteiger partial charge in [-0.05, 0) is 24.3 Å². The van der Waals surface area contributed by atoms with Gasteiger partial charge in [0.1, 0.15) is 6.07 Å². The van der Waals surface area contributed by atoms with Crippen LogP contribution in [-0.4, -0.2) is 27.2 Å². The number of hydrogen-bond acceptors (Lipinski definition) is 7. The van der Waals surface area contributed by atoms with Gasteiger partial charge in [-0.1, -0.05) is 0 Å². The zero-order valence-electron chi connectivity index (χ0n) is 9.82. The van der Waals surface area contributed by atoms with Crippen LogP contribution in [0.4, 0.5) is 5.69 Å². The van der Waals surface area contributed by atoms with Crippen LogP contribution in [0.15, 0.2) is 34.3 Å². The van der Waals surface area contributed by atoms with Crippen molar-refractivity contribution in [3.05, 3.63) is 24.3 Å². The molecule has 0 unspecified atom stereocenters. The molecule has 0 amide bonds. The lowest BCUT2D eigenvalue weighted by Gasteiger charge is -2.02. The molecule has 0 heterocycles. The van der Waals surface area contributed by atoms with E-state index >= 15 is 0 Å². The first-order valence-corrected chi connectivity index (χ1v) is 6.38. The summed E-state index contributed by atoms with van der Waals surface area (Å²) >= 11 is 0. The molecule has 0 aliphatic carbocycles. The number of carbonyl (C=O) groups is 1. The molecule has 0 spiro atoms. The maximum atomic E-state index is 11.0. The van der Waals surface area contributed by atoms with Crippen molar-refractivity contribution in [1.29, 1.82) is 5.26 Å². The summed E-state index contributed by atoms with van der Waals surface area (Å²) in [5.74, 6) is -0.879. The Morgan fingerprint density at radius 2 is 2.00 bits per heavy atom. The van der Waals surface area contributed by atoms with Crippen molar-refractivity contribution in [3.8, 4) is 6.07 Å². The quantitative estimate of drug-likeness (QED) is 0.446. The minimum atomic E-state index is -3.76. The number of hydrazone groups is 1. The molecule has 0 radical (unpaired) electrons. The Hall–Kier alpha value is -2.44. The molecule has 1 aromatic carbocycles. The number of methoxy groups -OCH3 is 1. The molecule has 0 saturated heterocycles. The van der Waals surface area contributed by atoms with Crippen LogP contribution in [-0.2, 0) is 19.6 Å². The van der Waals surface area contributed by atoms with Crippen molar-refractivity contribution in [2.75, 3.05) is 12.5 Å². The van der Waals surface area contributed by atoms with Gasteiger partial charge in [-0.3, -0.25) is 5.43 Å². The predicted molar refractivity (Wildman–Crippen MR) is 66.5 cm³/mol. The number of carbonyl (C=O) groups excluding carboxylic acids is 1. The molecule has 0 aliphatic rings. The van der Waals surface area contributed by atoms with Crippen molar-refractivity contribution in [2.45, 2.75) is 4.90 Å². The lowest BCUT2D eigenvalue weighted by atomic mass is 10.3. The molecule has 0 fully saturated rings. The highest BCUT2D eigenvalue weighted by Gasteiger charge is 2.10. The second-order valence-electron chi connectivity index (χ2n) is 3.24. The number of hydrogen-bond donors (Lipinski definition) is 2. The molecular formula is C10H10N4O4S. The summed E-state index contributed by atoms with van der Waals surface area (Å²) in [5.41, 5.74) is 2.34. The zero-order valence-corrected chi connectivity index (χ0v) is 10.6. The van der Waals surface area contributed by atoms with E-state index in [2.05, 4.69) is 15.3 Å². The van der Waals surface area contributed by atoms with Crippen molar-refractivity contribution in [2.24, 2.45) is 10.2 Å². The van der Waals surface area contributed by atoms with Crippen LogP contribution in [0.5, 0.6) is 0 Å². The van der Waals surface area contributed by atoms with E-state index in [1.807, 2.05) is 0 Å². The fourth-order valence-electron chi connectivity index (χ4n) is 1.05. The highest BCUT2D eigenvalue weighted by molar-refractivity contribution is 7.89. The summed E-state index contributed by atoms with van der Waals surface area (Å²) in [7, 11) is -2.64. The third-order valence-electron chi connectivity index (χ3n) is 1.96. The van der Waals surface area contributed by atoms with Crippen LogP contribution in [0.25, 0.3) is 0 Å². The minimum absolute atomic E-state index is 0.0597. The van der Waals surface area contributed by atoms with Crippen molar-refractivity contribution < 1.29 is 17.9 Å². The number of nitrogens with zero attached hydrogens (tertiary/aromatic N) is 2. The second-order valence-corrected chi connectivity index (χ2v) is 4.81. The normalized spacial score (nSPS) is 11.5. The van der Waals surface area contributed by atoms with E-state index in [1.165, 1.54) is 24.3 Å². The summed E-state index contributed by atoms with van der Waals surface area (Å²) in [4.78, 5) is 11.0. The number of anilines is 1. The maximum Gasteiger partial charge on any atom is 0.369 e. The summed E-state index contributed by atoms with van der Waals surface area (Å²) in [5, 5.41) is 17.1. The fourth-order valence-corrected chi connectivity index (χ4v) is 1.57. The molecule has 1 rings (SSSR count). The molecule has 3 N–H and O–H groups in total. The van der Waals surface area contributed by atoms with Gasteiger partial charge in [-0.25, -0.2) is 18.4 Å². The number of nitrogens with one attached hydrogen (secondary N) is 1. The van der Waals surface area contributed by atoms with Crippen LogP contribution in [0, 0.1) is 11.3 Å². The number of esters is 1. The monoisotopic (exact) mass is 282 g/mol. The molecule has 0 aliphatic heterocycles. The van der Waals surface area contributed by atoms with Gasteiger partial charge in [0.15, 0.2) is 0 Å². The molecule has 0 atom stereocenters. The average molecular weight is 282 g/mol. The summed E-state index contributed by atoms with van der Waals surface area (Å²) in [6.45, 7) is 0. The number of sulfonamides is 1. The van der Waals surface area contributed by atoms with Gasteiger partial charge in [0, 0.05) is 0 Å². The molecule has 1 aromatic rings. The van der Waals surface area contributed by atoms with Gasteiger partial charge < -0.3 is 4.74 Å². The topological polar surface area (TPSA) is 135 Å². The Kier molecular flexibility index (Phi) is 4.57. The van der Waals surface area contributed by atoms with Crippen molar-refractivity contribution in [1.82, 2.24) is 0 Å². The molecule has 0 bridgehead atoms. The molecular weight excluding hydrogens is 272 g/mol. The largest absolute Gasteiger partial charge is 0.464 e. The SMILES string of the molecule is COC(=O)/C(C#N)=N/Nc1ccc(S(N)(=O)=O)cc1. The highest BCUT2D eigenvalue weighted by atomic mass is 32.2. The van der Waals surface area contributed by atoms with Crippen LogP contribution in [0.3, 0.4) is 0 Å². The van der Waals surface area contributed by atoms with E-state index in [0.29, 0.717) is 5.69 Å². The summed E-state index contributed by atoms with van der Waals surface area (Å²) in [6.07, 6.45) is 0. The van der Waals surface area contributed by atoms with E-state index in [4.69, 9.17) is 10.4 Å². The van der Waals surface area contributed by atoms with Crippen LogP contribution >= 0.6 is 0 Å².